The Morgan fingerprint density at radius 1 is 1.07 bits per heavy atom. The molecule has 2 aromatic rings. The highest BCUT2D eigenvalue weighted by molar-refractivity contribution is 7.80. The molecule has 0 aliphatic carbocycles. The van der Waals surface area contributed by atoms with Crippen molar-refractivity contribution in [3.63, 3.8) is 0 Å². The number of carbonyl (C=O) groups excluding carboxylic acids is 2. The molecule has 162 valence electrons. The number of para-hydroxylation sites is 1. The van der Waals surface area contributed by atoms with Gasteiger partial charge in [0.1, 0.15) is 9.88 Å². The lowest BCUT2D eigenvalue weighted by atomic mass is 10.1. The predicted molar refractivity (Wildman–Crippen MR) is 112 cm³/mol. The molecular formula is C19H19F3N2O4S2. The van der Waals surface area contributed by atoms with Crippen molar-refractivity contribution < 1.29 is 32.2 Å². The Labute approximate surface area is 180 Å². The van der Waals surface area contributed by atoms with Crippen molar-refractivity contribution in [1.29, 1.82) is 0 Å². The Kier molecular flexibility index (Phi) is 7.79. The molecule has 0 saturated carbocycles. The number of rotatable bonds is 6. The highest BCUT2D eigenvalue weighted by Gasteiger charge is 2.33. The third-order valence-electron chi connectivity index (χ3n) is 3.79. The zero-order valence-electron chi connectivity index (χ0n) is 16.3. The Balaban J connectivity index is 2.35. The van der Waals surface area contributed by atoms with Crippen LogP contribution in [0, 0.1) is 6.92 Å². The number of hydrogen-bond acceptors (Lipinski definition) is 6. The number of thiophene rings is 1. The zero-order valence-corrected chi connectivity index (χ0v) is 17.9. The summed E-state index contributed by atoms with van der Waals surface area (Å²) >= 11 is 6.03. The van der Waals surface area contributed by atoms with E-state index in [1.807, 2.05) is 0 Å². The number of carbonyl (C=O) groups is 2. The van der Waals surface area contributed by atoms with Crippen LogP contribution in [0.5, 0.6) is 0 Å². The van der Waals surface area contributed by atoms with Gasteiger partial charge in [0.25, 0.3) is 0 Å². The molecule has 0 bridgehead atoms. The van der Waals surface area contributed by atoms with Crippen LogP contribution in [-0.4, -0.2) is 30.3 Å². The zero-order chi connectivity index (χ0) is 22.5. The second kappa shape index (κ2) is 9.90. The molecule has 1 heterocycles. The van der Waals surface area contributed by atoms with Gasteiger partial charge in [-0.3, -0.25) is 0 Å². The van der Waals surface area contributed by atoms with Crippen LogP contribution in [0.3, 0.4) is 0 Å². The van der Waals surface area contributed by atoms with Crippen LogP contribution in [0.2, 0.25) is 0 Å². The first kappa shape index (κ1) is 23.6. The number of hydrogen-bond donors (Lipinski definition) is 2. The molecule has 0 aliphatic rings. The molecule has 0 atom stereocenters. The summed E-state index contributed by atoms with van der Waals surface area (Å²) in [6.07, 6.45) is -4.58. The maximum absolute atomic E-state index is 13.2. The van der Waals surface area contributed by atoms with Crippen molar-refractivity contribution in [3.05, 3.63) is 45.8 Å². The second-order valence-corrected chi connectivity index (χ2v) is 7.25. The smallest absolute Gasteiger partial charge is 0.418 e. The molecule has 1 aromatic heterocycles. The summed E-state index contributed by atoms with van der Waals surface area (Å²) < 4.78 is 49.6. The molecule has 30 heavy (non-hydrogen) atoms. The molecule has 6 nitrogen and oxygen atoms in total. The van der Waals surface area contributed by atoms with E-state index in [0.29, 0.717) is 5.56 Å². The van der Waals surface area contributed by atoms with E-state index in [9.17, 15) is 22.8 Å². The van der Waals surface area contributed by atoms with Gasteiger partial charge in [0.15, 0.2) is 5.11 Å². The molecule has 0 saturated heterocycles. The van der Waals surface area contributed by atoms with Crippen molar-refractivity contribution in [1.82, 2.24) is 0 Å². The molecule has 0 spiro atoms. The normalized spacial score (nSPS) is 11.0. The summed E-state index contributed by atoms with van der Waals surface area (Å²) in [7, 11) is 0. The maximum Gasteiger partial charge on any atom is 0.418 e. The van der Waals surface area contributed by atoms with Crippen molar-refractivity contribution in [2.24, 2.45) is 0 Å². The average Bonchev–Trinajstić information content (AvgIpc) is 2.97. The van der Waals surface area contributed by atoms with Crippen LogP contribution >= 0.6 is 23.6 Å². The molecule has 2 rings (SSSR count). The van der Waals surface area contributed by atoms with Gasteiger partial charge in [-0.25, -0.2) is 9.59 Å². The largest absolute Gasteiger partial charge is 0.462 e. The van der Waals surface area contributed by atoms with Gasteiger partial charge in [0, 0.05) is 0 Å². The molecule has 0 fully saturated rings. The minimum Gasteiger partial charge on any atom is -0.462 e. The van der Waals surface area contributed by atoms with E-state index in [2.05, 4.69) is 10.6 Å². The summed E-state index contributed by atoms with van der Waals surface area (Å²) in [4.78, 5) is 24.7. The summed E-state index contributed by atoms with van der Waals surface area (Å²) in [6, 6.07) is 4.84. The molecule has 0 aliphatic heterocycles. The van der Waals surface area contributed by atoms with E-state index in [1.54, 1.807) is 20.8 Å². The molecular weight excluding hydrogens is 441 g/mol. The van der Waals surface area contributed by atoms with Gasteiger partial charge in [-0.1, -0.05) is 12.1 Å². The number of thiocarbonyl (C=S) groups is 1. The first-order chi connectivity index (χ1) is 14.1. The highest BCUT2D eigenvalue weighted by Crippen LogP contribution is 2.36. The molecule has 0 amide bonds. The number of benzene rings is 1. The van der Waals surface area contributed by atoms with Gasteiger partial charge in [-0.2, -0.15) is 13.2 Å². The summed E-state index contributed by atoms with van der Waals surface area (Å²) in [5.41, 5.74) is -0.746. The predicted octanol–water partition coefficient (Wildman–Crippen LogP) is 5.24. The van der Waals surface area contributed by atoms with Crippen LogP contribution < -0.4 is 10.6 Å². The molecule has 1 aromatic carbocycles. The topological polar surface area (TPSA) is 76.7 Å². The lowest BCUT2D eigenvalue weighted by Gasteiger charge is -2.15. The second-order valence-electron chi connectivity index (χ2n) is 5.82. The number of ether oxygens (including phenoxy) is 2. The van der Waals surface area contributed by atoms with Gasteiger partial charge >= 0.3 is 18.1 Å². The van der Waals surface area contributed by atoms with Gasteiger partial charge in [-0.05, 0) is 50.7 Å². The maximum atomic E-state index is 13.2. The number of anilines is 2. The van der Waals surface area contributed by atoms with Crippen LogP contribution in [0.4, 0.5) is 23.9 Å². The van der Waals surface area contributed by atoms with Crippen molar-refractivity contribution in [2.45, 2.75) is 26.9 Å². The minimum atomic E-state index is -4.58. The monoisotopic (exact) mass is 460 g/mol. The van der Waals surface area contributed by atoms with Gasteiger partial charge in [0.05, 0.1) is 30.0 Å². The van der Waals surface area contributed by atoms with Crippen LogP contribution in [0.15, 0.2) is 24.3 Å². The lowest BCUT2D eigenvalue weighted by Crippen LogP contribution is -2.22. The fourth-order valence-electron chi connectivity index (χ4n) is 2.54. The Bertz CT molecular complexity index is 958. The Morgan fingerprint density at radius 3 is 2.27 bits per heavy atom. The van der Waals surface area contributed by atoms with E-state index >= 15 is 0 Å². The third kappa shape index (κ3) is 5.48. The van der Waals surface area contributed by atoms with Crippen molar-refractivity contribution >= 4 is 51.3 Å². The van der Waals surface area contributed by atoms with Crippen molar-refractivity contribution in [3.8, 4) is 0 Å². The van der Waals surface area contributed by atoms with E-state index in [4.69, 9.17) is 21.7 Å². The first-order valence-electron chi connectivity index (χ1n) is 8.81. The molecule has 2 N–H and O–H groups in total. The lowest BCUT2D eigenvalue weighted by molar-refractivity contribution is -0.136. The van der Waals surface area contributed by atoms with Crippen molar-refractivity contribution in [2.75, 3.05) is 23.8 Å². The SMILES string of the molecule is CCOC(=O)c1sc(NC(=S)Nc2ccccc2C(F)(F)F)c(C(=O)OCC)c1C. The average molecular weight is 460 g/mol. The van der Waals surface area contributed by atoms with Crippen LogP contribution in [-0.2, 0) is 15.7 Å². The van der Waals surface area contributed by atoms with E-state index in [-0.39, 0.29) is 39.5 Å². The quantitative estimate of drug-likeness (QED) is 0.451. The number of esters is 2. The fraction of sp³-hybridized carbons (Fsp3) is 0.316. The Morgan fingerprint density at radius 2 is 1.67 bits per heavy atom. The summed E-state index contributed by atoms with van der Waals surface area (Å²) in [6.45, 7) is 5.06. The van der Waals surface area contributed by atoms with E-state index in [0.717, 1.165) is 17.4 Å². The molecule has 11 heteroatoms. The van der Waals surface area contributed by atoms with Crippen LogP contribution in [0.25, 0.3) is 0 Å². The standard InChI is InChI=1S/C19H19F3N2O4S2/c1-4-27-16(25)13-10(3)14(17(26)28-5-2)30-15(13)24-18(29)23-12-9-7-6-8-11(12)19(20,21)22/h6-9H,4-5H2,1-3H3,(H2,23,24,29). The minimum absolute atomic E-state index is 0.0677. The number of alkyl halides is 3. The molecule has 0 radical (unpaired) electrons. The summed E-state index contributed by atoms with van der Waals surface area (Å²) in [5.74, 6) is -1.32. The fourth-order valence-corrected chi connectivity index (χ4v) is 3.91. The Hall–Kier alpha value is -2.66. The first-order valence-corrected chi connectivity index (χ1v) is 10.0. The van der Waals surface area contributed by atoms with Gasteiger partial charge in [0.2, 0.25) is 0 Å². The molecule has 0 unspecified atom stereocenters. The van der Waals surface area contributed by atoms with Crippen LogP contribution in [0.1, 0.15) is 45.0 Å². The van der Waals surface area contributed by atoms with Gasteiger partial charge in [-0.15, -0.1) is 11.3 Å². The summed E-state index contributed by atoms with van der Waals surface area (Å²) in [5, 5.41) is 5.16. The number of halogens is 3. The van der Waals surface area contributed by atoms with E-state index < -0.39 is 23.7 Å². The van der Waals surface area contributed by atoms with E-state index in [1.165, 1.54) is 18.2 Å². The van der Waals surface area contributed by atoms with Gasteiger partial charge < -0.3 is 20.1 Å². The third-order valence-corrected chi connectivity index (χ3v) is 5.19. The number of nitrogens with one attached hydrogen (secondary N) is 2. The highest BCUT2D eigenvalue weighted by atomic mass is 32.1.